The summed E-state index contributed by atoms with van der Waals surface area (Å²) in [6.07, 6.45) is -0.129. The van der Waals surface area contributed by atoms with Gasteiger partial charge in [0.15, 0.2) is 0 Å². The molecule has 1 aliphatic heterocycles. The van der Waals surface area contributed by atoms with E-state index in [1.165, 1.54) is 4.90 Å². The largest absolute Gasteiger partial charge is 0.480 e. The summed E-state index contributed by atoms with van der Waals surface area (Å²) >= 11 is 0. The third kappa shape index (κ3) is 6.00. The molecule has 0 spiro atoms. The summed E-state index contributed by atoms with van der Waals surface area (Å²) in [5.74, 6) is -2.79. The molecular formula is C19H25FN2O6. The van der Waals surface area contributed by atoms with Crippen LogP contribution in [-0.2, 0) is 32.1 Å². The van der Waals surface area contributed by atoms with Gasteiger partial charge in [-0.05, 0) is 17.5 Å². The number of ether oxygens (including phenoxy) is 1. The van der Waals surface area contributed by atoms with Crippen LogP contribution in [0.5, 0.6) is 0 Å². The molecule has 28 heavy (non-hydrogen) atoms. The summed E-state index contributed by atoms with van der Waals surface area (Å²) < 4.78 is 18.1. The van der Waals surface area contributed by atoms with Gasteiger partial charge in [0.1, 0.15) is 12.1 Å². The van der Waals surface area contributed by atoms with Crippen LogP contribution in [0.4, 0.5) is 4.39 Å². The number of likely N-dealkylation sites (tertiary alicyclic amines) is 1. The number of aryl methyl sites for hydroxylation is 1. The standard InChI is InChI=1S/C19H25FN2O6/c20-8-7-12-1-3-13(4-2-12)11-28-14-9-16(19(26)27)22(10-14)17(23)6-5-15(21)18(24)25/h1-4,14-16H,5-11,21H2,(H,24,25)(H,26,27)/t14-,15+,16+/m1/s1. The number of alkyl halides is 1. The molecule has 1 saturated heterocycles. The molecule has 1 heterocycles. The zero-order valence-corrected chi connectivity index (χ0v) is 15.4. The number of hydrogen-bond acceptors (Lipinski definition) is 5. The van der Waals surface area contributed by atoms with Crippen molar-refractivity contribution in [1.82, 2.24) is 4.90 Å². The predicted octanol–water partition coefficient (Wildman–Crippen LogP) is 0.961. The van der Waals surface area contributed by atoms with Crippen molar-refractivity contribution in [3.8, 4) is 0 Å². The van der Waals surface area contributed by atoms with Crippen LogP contribution in [-0.4, -0.2) is 64.4 Å². The van der Waals surface area contributed by atoms with Crippen molar-refractivity contribution in [2.45, 2.75) is 50.5 Å². The van der Waals surface area contributed by atoms with Crippen LogP contribution in [0.25, 0.3) is 0 Å². The first-order valence-corrected chi connectivity index (χ1v) is 9.07. The number of carboxylic acids is 2. The second kappa shape index (κ2) is 10.1. The van der Waals surface area contributed by atoms with Gasteiger partial charge in [-0.3, -0.25) is 14.0 Å². The minimum Gasteiger partial charge on any atom is -0.480 e. The number of carboxylic acid groups (broad SMARTS) is 2. The maximum atomic E-state index is 12.3. The van der Waals surface area contributed by atoms with Gasteiger partial charge in [-0.2, -0.15) is 0 Å². The molecule has 0 radical (unpaired) electrons. The Bertz CT molecular complexity index is 696. The third-order valence-corrected chi connectivity index (χ3v) is 4.75. The highest BCUT2D eigenvalue weighted by Crippen LogP contribution is 2.23. The van der Waals surface area contributed by atoms with E-state index in [9.17, 15) is 23.9 Å². The number of hydrogen-bond donors (Lipinski definition) is 3. The number of carbonyl (C=O) groups excluding carboxylic acids is 1. The van der Waals surface area contributed by atoms with Crippen molar-refractivity contribution < 1.29 is 33.7 Å². The molecule has 1 aromatic carbocycles. The molecular weight excluding hydrogens is 371 g/mol. The van der Waals surface area contributed by atoms with Crippen molar-refractivity contribution in [2.24, 2.45) is 5.73 Å². The highest BCUT2D eigenvalue weighted by Gasteiger charge is 2.40. The molecule has 0 saturated carbocycles. The van der Waals surface area contributed by atoms with E-state index in [0.29, 0.717) is 6.42 Å². The second-order valence-corrected chi connectivity index (χ2v) is 6.81. The lowest BCUT2D eigenvalue weighted by molar-refractivity contribution is -0.148. The summed E-state index contributed by atoms with van der Waals surface area (Å²) in [7, 11) is 0. The van der Waals surface area contributed by atoms with Gasteiger partial charge in [-0.25, -0.2) is 4.79 Å². The summed E-state index contributed by atoms with van der Waals surface area (Å²) in [6, 6.07) is 5.10. The van der Waals surface area contributed by atoms with E-state index in [4.69, 9.17) is 15.6 Å². The van der Waals surface area contributed by atoms with Gasteiger partial charge >= 0.3 is 11.9 Å². The number of amides is 1. The molecule has 154 valence electrons. The number of halogens is 1. The summed E-state index contributed by atoms with van der Waals surface area (Å²) in [5.41, 5.74) is 7.15. The van der Waals surface area contributed by atoms with Gasteiger partial charge in [0.25, 0.3) is 0 Å². The van der Waals surface area contributed by atoms with Crippen molar-refractivity contribution >= 4 is 17.8 Å². The Hall–Kier alpha value is -2.52. The van der Waals surface area contributed by atoms with Crippen LogP contribution in [0, 0.1) is 0 Å². The Kier molecular flexibility index (Phi) is 7.89. The smallest absolute Gasteiger partial charge is 0.326 e. The number of carbonyl (C=O) groups is 3. The fourth-order valence-corrected chi connectivity index (χ4v) is 3.10. The van der Waals surface area contributed by atoms with E-state index in [0.717, 1.165) is 11.1 Å². The summed E-state index contributed by atoms with van der Waals surface area (Å²) in [4.78, 5) is 35.8. The van der Waals surface area contributed by atoms with Crippen LogP contribution < -0.4 is 5.73 Å². The first kappa shape index (κ1) is 21.8. The Morgan fingerprint density at radius 2 is 1.86 bits per heavy atom. The average molecular weight is 396 g/mol. The van der Waals surface area contributed by atoms with Gasteiger partial charge < -0.3 is 25.6 Å². The number of benzene rings is 1. The maximum absolute atomic E-state index is 12.3. The summed E-state index contributed by atoms with van der Waals surface area (Å²) in [5, 5.41) is 18.2. The second-order valence-electron chi connectivity index (χ2n) is 6.81. The van der Waals surface area contributed by atoms with Crippen LogP contribution in [0.3, 0.4) is 0 Å². The molecule has 0 unspecified atom stereocenters. The lowest BCUT2D eigenvalue weighted by Crippen LogP contribution is -2.41. The first-order valence-electron chi connectivity index (χ1n) is 9.07. The number of rotatable bonds is 10. The van der Waals surface area contributed by atoms with Gasteiger partial charge in [0.05, 0.1) is 19.4 Å². The molecule has 0 bridgehead atoms. The van der Waals surface area contributed by atoms with Gasteiger partial charge in [-0.1, -0.05) is 24.3 Å². The lowest BCUT2D eigenvalue weighted by atomic mass is 10.1. The minimum atomic E-state index is -1.21. The molecule has 1 amide bonds. The van der Waals surface area contributed by atoms with E-state index in [1.807, 2.05) is 24.3 Å². The average Bonchev–Trinajstić information content (AvgIpc) is 3.10. The van der Waals surface area contributed by atoms with E-state index in [2.05, 4.69) is 0 Å². The molecule has 1 fully saturated rings. The number of nitrogens with two attached hydrogens (primary N) is 1. The molecule has 1 aromatic rings. The normalized spacial score (nSPS) is 20.1. The van der Waals surface area contributed by atoms with E-state index in [1.54, 1.807) is 0 Å². The molecule has 3 atom stereocenters. The van der Waals surface area contributed by atoms with Crippen molar-refractivity contribution in [2.75, 3.05) is 13.2 Å². The maximum Gasteiger partial charge on any atom is 0.326 e. The quantitative estimate of drug-likeness (QED) is 0.537. The highest BCUT2D eigenvalue weighted by atomic mass is 19.1. The molecule has 0 aromatic heterocycles. The van der Waals surface area contributed by atoms with Crippen molar-refractivity contribution in [1.29, 1.82) is 0 Å². The predicted molar refractivity (Wildman–Crippen MR) is 97.3 cm³/mol. The first-order chi connectivity index (χ1) is 13.3. The molecule has 2 rings (SSSR count). The molecule has 9 heteroatoms. The lowest BCUT2D eigenvalue weighted by Gasteiger charge is -2.21. The molecule has 0 aliphatic carbocycles. The third-order valence-electron chi connectivity index (χ3n) is 4.75. The zero-order chi connectivity index (χ0) is 20.7. The van der Waals surface area contributed by atoms with Crippen LogP contribution >= 0.6 is 0 Å². The topological polar surface area (TPSA) is 130 Å². The van der Waals surface area contributed by atoms with Gasteiger partial charge in [0.2, 0.25) is 5.91 Å². The van der Waals surface area contributed by atoms with Crippen LogP contribution in [0.15, 0.2) is 24.3 Å². The van der Waals surface area contributed by atoms with E-state index >= 15 is 0 Å². The molecule has 8 nitrogen and oxygen atoms in total. The summed E-state index contributed by atoms with van der Waals surface area (Å²) in [6.45, 7) is -0.0490. The Morgan fingerprint density at radius 1 is 1.21 bits per heavy atom. The van der Waals surface area contributed by atoms with Crippen LogP contribution in [0.1, 0.15) is 30.4 Å². The number of nitrogens with zero attached hydrogens (tertiary/aromatic N) is 1. The van der Waals surface area contributed by atoms with Crippen LogP contribution in [0.2, 0.25) is 0 Å². The molecule has 4 N–H and O–H groups in total. The fourth-order valence-electron chi connectivity index (χ4n) is 3.10. The Labute approximate surface area is 162 Å². The monoisotopic (exact) mass is 396 g/mol. The number of aliphatic carboxylic acids is 2. The zero-order valence-electron chi connectivity index (χ0n) is 15.4. The van der Waals surface area contributed by atoms with Crippen molar-refractivity contribution in [3.05, 3.63) is 35.4 Å². The van der Waals surface area contributed by atoms with Gasteiger partial charge in [0, 0.05) is 25.8 Å². The van der Waals surface area contributed by atoms with Crippen molar-refractivity contribution in [3.63, 3.8) is 0 Å². The Morgan fingerprint density at radius 3 is 2.43 bits per heavy atom. The van der Waals surface area contributed by atoms with E-state index in [-0.39, 0.29) is 32.4 Å². The van der Waals surface area contributed by atoms with E-state index < -0.39 is 42.7 Å². The highest BCUT2D eigenvalue weighted by molar-refractivity contribution is 5.85. The SMILES string of the molecule is N[C@@H](CCC(=O)N1C[C@H](OCc2ccc(CCF)cc2)C[C@H]1C(=O)O)C(=O)O. The molecule has 1 aliphatic rings. The fraction of sp³-hybridized carbons (Fsp3) is 0.526. The van der Waals surface area contributed by atoms with Gasteiger partial charge in [-0.15, -0.1) is 0 Å². The minimum absolute atomic E-state index is 0.0617. The Balaban J connectivity index is 1.90.